The predicted molar refractivity (Wildman–Crippen MR) is 76.1 cm³/mol. The first-order chi connectivity index (χ1) is 9.93. The van der Waals surface area contributed by atoms with E-state index in [2.05, 4.69) is 10.6 Å². The van der Waals surface area contributed by atoms with E-state index in [9.17, 15) is 14.0 Å². The Hall–Kier alpha value is -1.86. The van der Waals surface area contributed by atoms with E-state index in [1.165, 1.54) is 19.2 Å². The summed E-state index contributed by atoms with van der Waals surface area (Å²) >= 11 is 5.58. The number of carboxylic acid groups (broad SMARTS) is 1. The standard InChI is InChI=1S/C13H16ClFN2O4/c1-21-6-2-3-11(12(18)19)17-13(20)16-8-4-5-10(15)9(14)7-8/h4-5,7,11H,2-3,6H2,1H3,(H,18,19)(H2,16,17,20). The fourth-order valence-electron chi connectivity index (χ4n) is 1.59. The largest absolute Gasteiger partial charge is 0.480 e. The van der Waals surface area contributed by atoms with E-state index in [1.807, 2.05) is 0 Å². The number of carbonyl (C=O) groups is 2. The second-order valence-electron chi connectivity index (χ2n) is 4.25. The second-order valence-corrected chi connectivity index (χ2v) is 4.66. The summed E-state index contributed by atoms with van der Waals surface area (Å²) in [5.74, 6) is -1.75. The van der Waals surface area contributed by atoms with Gasteiger partial charge in [-0.15, -0.1) is 0 Å². The summed E-state index contributed by atoms with van der Waals surface area (Å²) in [7, 11) is 1.51. The highest BCUT2D eigenvalue weighted by Crippen LogP contribution is 2.19. The molecule has 0 aromatic heterocycles. The molecule has 1 unspecified atom stereocenters. The van der Waals surface area contributed by atoms with Crippen LogP contribution >= 0.6 is 11.6 Å². The van der Waals surface area contributed by atoms with Crippen LogP contribution in [-0.4, -0.2) is 36.9 Å². The van der Waals surface area contributed by atoms with Crippen molar-refractivity contribution in [2.24, 2.45) is 0 Å². The molecule has 0 saturated carbocycles. The molecule has 2 amide bonds. The molecule has 0 aliphatic rings. The van der Waals surface area contributed by atoms with Crippen LogP contribution in [0.5, 0.6) is 0 Å². The summed E-state index contributed by atoms with van der Waals surface area (Å²) in [5, 5.41) is 13.6. The zero-order valence-corrected chi connectivity index (χ0v) is 12.1. The zero-order valence-electron chi connectivity index (χ0n) is 11.4. The van der Waals surface area contributed by atoms with E-state index in [4.69, 9.17) is 21.4 Å². The molecule has 0 spiro atoms. The minimum atomic E-state index is -1.14. The predicted octanol–water partition coefficient (Wildman–Crippen LogP) is 2.48. The zero-order chi connectivity index (χ0) is 15.8. The molecule has 0 saturated heterocycles. The number of urea groups is 1. The minimum absolute atomic E-state index is 0.136. The van der Waals surface area contributed by atoms with Crippen LogP contribution in [0.2, 0.25) is 5.02 Å². The molecule has 116 valence electrons. The Morgan fingerprint density at radius 1 is 1.48 bits per heavy atom. The van der Waals surface area contributed by atoms with Crippen LogP contribution in [0.15, 0.2) is 18.2 Å². The molecule has 1 aromatic carbocycles. The van der Waals surface area contributed by atoms with E-state index < -0.39 is 23.9 Å². The molecule has 1 atom stereocenters. The second kappa shape index (κ2) is 8.43. The molecule has 0 heterocycles. The van der Waals surface area contributed by atoms with E-state index in [0.29, 0.717) is 13.0 Å². The highest BCUT2D eigenvalue weighted by molar-refractivity contribution is 6.31. The van der Waals surface area contributed by atoms with Crippen molar-refractivity contribution in [3.63, 3.8) is 0 Å². The van der Waals surface area contributed by atoms with Gasteiger partial charge in [0, 0.05) is 19.4 Å². The lowest BCUT2D eigenvalue weighted by Gasteiger charge is -2.15. The number of hydrogen-bond donors (Lipinski definition) is 3. The quantitative estimate of drug-likeness (QED) is 0.674. The first-order valence-corrected chi connectivity index (χ1v) is 6.56. The SMILES string of the molecule is COCCCC(NC(=O)Nc1ccc(F)c(Cl)c1)C(=O)O. The van der Waals surface area contributed by atoms with Gasteiger partial charge in [0.25, 0.3) is 0 Å². The molecule has 0 bridgehead atoms. The Kier molecular flexibility index (Phi) is 6.90. The van der Waals surface area contributed by atoms with Crippen molar-refractivity contribution in [1.29, 1.82) is 0 Å². The van der Waals surface area contributed by atoms with Crippen LogP contribution in [0.3, 0.4) is 0 Å². The van der Waals surface area contributed by atoms with Gasteiger partial charge in [0.1, 0.15) is 11.9 Å². The van der Waals surface area contributed by atoms with Gasteiger partial charge in [-0.2, -0.15) is 0 Å². The number of anilines is 1. The summed E-state index contributed by atoms with van der Waals surface area (Å²) in [6.45, 7) is 0.403. The summed E-state index contributed by atoms with van der Waals surface area (Å²) in [5.41, 5.74) is 0.264. The van der Waals surface area contributed by atoms with Crippen LogP contribution in [0.1, 0.15) is 12.8 Å². The Morgan fingerprint density at radius 3 is 2.76 bits per heavy atom. The van der Waals surface area contributed by atoms with E-state index in [0.717, 1.165) is 6.07 Å². The smallest absolute Gasteiger partial charge is 0.326 e. The molecule has 1 aromatic rings. The van der Waals surface area contributed by atoms with Crippen molar-refractivity contribution in [3.8, 4) is 0 Å². The van der Waals surface area contributed by atoms with Crippen LogP contribution in [-0.2, 0) is 9.53 Å². The van der Waals surface area contributed by atoms with Crippen LogP contribution in [0.4, 0.5) is 14.9 Å². The summed E-state index contributed by atoms with van der Waals surface area (Å²) in [6, 6.07) is 1.92. The maximum Gasteiger partial charge on any atom is 0.326 e. The Balaban J connectivity index is 2.56. The molecule has 0 aliphatic carbocycles. The van der Waals surface area contributed by atoms with Gasteiger partial charge >= 0.3 is 12.0 Å². The van der Waals surface area contributed by atoms with Gasteiger partial charge in [-0.1, -0.05) is 11.6 Å². The number of benzene rings is 1. The van der Waals surface area contributed by atoms with Crippen molar-refractivity contribution in [1.82, 2.24) is 5.32 Å². The van der Waals surface area contributed by atoms with Gasteiger partial charge in [-0.25, -0.2) is 14.0 Å². The molecule has 0 fully saturated rings. The molecular formula is C13H16ClFN2O4. The molecule has 21 heavy (non-hydrogen) atoms. The lowest BCUT2D eigenvalue weighted by molar-refractivity contribution is -0.139. The van der Waals surface area contributed by atoms with Crippen molar-refractivity contribution < 1.29 is 23.8 Å². The van der Waals surface area contributed by atoms with E-state index in [-0.39, 0.29) is 17.1 Å². The number of aliphatic carboxylic acids is 1. The maximum atomic E-state index is 13.0. The molecule has 8 heteroatoms. The van der Waals surface area contributed by atoms with Crippen molar-refractivity contribution >= 4 is 29.3 Å². The summed E-state index contributed by atoms with van der Waals surface area (Å²) in [6.07, 6.45) is 0.733. The average Bonchev–Trinajstić information content (AvgIpc) is 2.42. The number of rotatable bonds is 7. The van der Waals surface area contributed by atoms with Crippen molar-refractivity contribution in [3.05, 3.63) is 29.0 Å². The Labute approximate surface area is 126 Å². The fourth-order valence-corrected chi connectivity index (χ4v) is 1.77. The highest BCUT2D eigenvalue weighted by Gasteiger charge is 2.19. The topological polar surface area (TPSA) is 87.7 Å². The van der Waals surface area contributed by atoms with Gasteiger partial charge < -0.3 is 20.5 Å². The third-order valence-electron chi connectivity index (χ3n) is 2.62. The average molecular weight is 319 g/mol. The number of hydrogen-bond acceptors (Lipinski definition) is 3. The molecule has 3 N–H and O–H groups in total. The van der Waals surface area contributed by atoms with Gasteiger partial charge in [0.15, 0.2) is 0 Å². The highest BCUT2D eigenvalue weighted by atomic mass is 35.5. The molecule has 6 nitrogen and oxygen atoms in total. The van der Waals surface area contributed by atoms with Crippen molar-refractivity contribution in [2.75, 3.05) is 19.0 Å². The monoisotopic (exact) mass is 318 g/mol. The normalized spacial score (nSPS) is 11.8. The molecule has 0 radical (unpaired) electrons. The first kappa shape index (κ1) is 17.2. The number of amides is 2. The van der Waals surface area contributed by atoms with Gasteiger partial charge in [-0.3, -0.25) is 0 Å². The number of halogens is 2. The Bertz CT molecular complexity index is 513. The number of methoxy groups -OCH3 is 1. The van der Waals surface area contributed by atoms with Crippen molar-refractivity contribution in [2.45, 2.75) is 18.9 Å². The number of nitrogens with one attached hydrogen (secondary N) is 2. The van der Waals surface area contributed by atoms with Crippen LogP contribution in [0.25, 0.3) is 0 Å². The molecule has 0 aliphatic heterocycles. The third kappa shape index (κ3) is 5.97. The third-order valence-corrected chi connectivity index (χ3v) is 2.91. The lowest BCUT2D eigenvalue weighted by atomic mass is 10.1. The summed E-state index contributed by atoms with van der Waals surface area (Å²) in [4.78, 5) is 22.7. The first-order valence-electron chi connectivity index (χ1n) is 6.18. The van der Waals surface area contributed by atoms with E-state index >= 15 is 0 Å². The maximum absolute atomic E-state index is 13.0. The van der Waals surface area contributed by atoms with Crippen LogP contribution < -0.4 is 10.6 Å². The number of carbonyl (C=O) groups excluding carboxylic acids is 1. The minimum Gasteiger partial charge on any atom is -0.480 e. The van der Waals surface area contributed by atoms with Gasteiger partial charge in [-0.05, 0) is 31.0 Å². The number of ether oxygens (including phenoxy) is 1. The molecular weight excluding hydrogens is 303 g/mol. The van der Waals surface area contributed by atoms with Gasteiger partial charge in [0.2, 0.25) is 0 Å². The van der Waals surface area contributed by atoms with Gasteiger partial charge in [0.05, 0.1) is 5.02 Å². The lowest BCUT2D eigenvalue weighted by Crippen LogP contribution is -2.43. The van der Waals surface area contributed by atoms with Crippen LogP contribution in [0, 0.1) is 5.82 Å². The Morgan fingerprint density at radius 2 is 2.19 bits per heavy atom. The fraction of sp³-hybridized carbons (Fsp3) is 0.385. The number of carboxylic acids is 1. The summed E-state index contributed by atoms with van der Waals surface area (Å²) < 4.78 is 17.8. The van der Waals surface area contributed by atoms with E-state index in [1.54, 1.807) is 0 Å². The molecule has 1 rings (SSSR count).